The van der Waals surface area contributed by atoms with Gasteiger partial charge in [-0.1, -0.05) is 24.3 Å². The highest BCUT2D eigenvalue weighted by Gasteiger charge is 2.41. The van der Waals surface area contributed by atoms with E-state index >= 15 is 0 Å². The molecule has 24 heavy (non-hydrogen) atoms. The minimum atomic E-state index is 0.0288. The van der Waals surface area contributed by atoms with Crippen LogP contribution in [0.1, 0.15) is 55.8 Å². The molecule has 2 atom stereocenters. The van der Waals surface area contributed by atoms with Gasteiger partial charge >= 0.3 is 0 Å². The maximum Gasteiger partial charge on any atom is 0.222 e. The highest BCUT2D eigenvalue weighted by Crippen LogP contribution is 2.41. The summed E-state index contributed by atoms with van der Waals surface area (Å²) in [6, 6.07) is 8.34. The fraction of sp³-hybridized carbons (Fsp3) is 0.650. The zero-order valence-electron chi connectivity index (χ0n) is 14.6. The van der Waals surface area contributed by atoms with Crippen molar-refractivity contribution in [1.82, 2.24) is 10.2 Å². The zero-order chi connectivity index (χ0) is 16.6. The second kappa shape index (κ2) is 6.49. The molecule has 0 bridgehead atoms. The number of hydrogen-bond donors (Lipinski definition) is 1. The smallest absolute Gasteiger partial charge is 0.222 e. The summed E-state index contributed by atoms with van der Waals surface area (Å²) in [6.45, 7) is 2.40. The topological polar surface area (TPSA) is 41.6 Å². The summed E-state index contributed by atoms with van der Waals surface area (Å²) in [6.07, 6.45) is 6.95. The van der Waals surface area contributed by atoms with Crippen molar-refractivity contribution >= 4 is 5.91 Å². The molecule has 0 radical (unpaired) electrons. The van der Waals surface area contributed by atoms with Gasteiger partial charge in [-0.15, -0.1) is 0 Å². The number of hydrogen-bond acceptors (Lipinski definition) is 3. The Bertz CT molecular complexity index is 611. The van der Waals surface area contributed by atoms with Gasteiger partial charge in [-0.2, -0.15) is 0 Å². The number of carbonyl (C=O) groups is 1. The number of amides is 1. The lowest BCUT2D eigenvalue weighted by Crippen LogP contribution is -2.56. The molecule has 1 aromatic rings. The maximum absolute atomic E-state index is 12.7. The third-order valence-corrected chi connectivity index (χ3v) is 6.21. The Morgan fingerprint density at radius 2 is 2.21 bits per heavy atom. The molecule has 1 saturated heterocycles. The predicted octanol–water partition coefficient (Wildman–Crippen LogP) is 3.03. The fourth-order valence-corrected chi connectivity index (χ4v) is 4.59. The van der Waals surface area contributed by atoms with E-state index in [1.807, 2.05) is 18.0 Å². The molecular weight excluding hydrogens is 300 g/mol. The number of carbonyl (C=O) groups excluding carboxylic acids is 1. The molecule has 130 valence electrons. The molecule has 2 unspecified atom stereocenters. The van der Waals surface area contributed by atoms with Crippen LogP contribution in [0, 0.1) is 5.92 Å². The number of nitrogens with zero attached hydrogens (tertiary/aromatic N) is 1. The van der Waals surface area contributed by atoms with Gasteiger partial charge in [-0.3, -0.25) is 4.79 Å². The van der Waals surface area contributed by atoms with E-state index < -0.39 is 0 Å². The molecule has 1 amide bonds. The molecule has 2 fully saturated rings. The molecule has 2 heterocycles. The summed E-state index contributed by atoms with van der Waals surface area (Å²) in [5.74, 6) is 0.808. The average Bonchev–Trinajstić information content (AvgIpc) is 2.97. The Hall–Kier alpha value is -1.39. The predicted molar refractivity (Wildman–Crippen MR) is 93.5 cm³/mol. The molecule has 1 spiro atoms. The Balaban J connectivity index is 1.32. The van der Waals surface area contributed by atoms with Gasteiger partial charge in [0.05, 0.1) is 13.2 Å². The summed E-state index contributed by atoms with van der Waals surface area (Å²) in [5, 5.41) is 3.69. The standard InChI is InChI=1S/C20H28N2O2/c1-22(13-18-17-6-3-2-5-16(17)14-24-18)19(23)11-15-7-10-21-20(12-15)8-4-9-20/h2-3,5-6,15,18,21H,4,7-14H2,1H3. The van der Waals surface area contributed by atoms with Crippen LogP contribution in [-0.2, 0) is 16.1 Å². The summed E-state index contributed by atoms with van der Waals surface area (Å²) in [4.78, 5) is 14.6. The highest BCUT2D eigenvalue weighted by molar-refractivity contribution is 5.76. The maximum atomic E-state index is 12.7. The first kappa shape index (κ1) is 16.1. The van der Waals surface area contributed by atoms with Crippen molar-refractivity contribution in [1.29, 1.82) is 0 Å². The number of piperidine rings is 1. The van der Waals surface area contributed by atoms with Crippen LogP contribution in [0.3, 0.4) is 0 Å². The number of fused-ring (bicyclic) bond motifs is 1. The molecule has 1 saturated carbocycles. The van der Waals surface area contributed by atoms with E-state index in [-0.39, 0.29) is 12.0 Å². The van der Waals surface area contributed by atoms with Crippen molar-refractivity contribution < 1.29 is 9.53 Å². The highest BCUT2D eigenvalue weighted by atomic mass is 16.5. The first-order valence-corrected chi connectivity index (χ1v) is 9.34. The molecule has 4 heteroatoms. The van der Waals surface area contributed by atoms with Crippen molar-refractivity contribution in [2.24, 2.45) is 5.92 Å². The van der Waals surface area contributed by atoms with Gasteiger partial charge in [0, 0.05) is 19.0 Å². The summed E-state index contributed by atoms with van der Waals surface area (Å²) >= 11 is 0. The summed E-state index contributed by atoms with van der Waals surface area (Å²) in [5.41, 5.74) is 2.87. The van der Waals surface area contributed by atoms with E-state index in [1.165, 1.54) is 36.8 Å². The van der Waals surface area contributed by atoms with Crippen LogP contribution in [-0.4, -0.2) is 36.5 Å². The largest absolute Gasteiger partial charge is 0.367 e. The molecule has 1 aliphatic carbocycles. The summed E-state index contributed by atoms with van der Waals surface area (Å²) < 4.78 is 5.89. The molecule has 4 nitrogen and oxygen atoms in total. The van der Waals surface area contributed by atoms with Gasteiger partial charge in [-0.25, -0.2) is 0 Å². The average molecular weight is 328 g/mol. The number of rotatable bonds is 4. The molecule has 1 N–H and O–H groups in total. The third kappa shape index (κ3) is 3.09. The zero-order valence-corrected chi connectivity index (χ0v) is 14.6. The lowest BCUT2D eigenvalue weighted by molar-refractivity contribution is -0.133. The lowest BCUT2D eigenvalue weighted by atomic mass is 9.68. The van der Waals surface area contributed by atoms with Gasteiger partial charge in [0.25, 0.3) is 0 Å². The van der Waals surface area contributed by atoms with Crippen molar-refractivity contribution in [3.63, 3.8) is 0 Å². The van der Waals surface area contributed by atoms with Crippen molar-refractivity contribution in [2.75, 3.05) is 20.1 Å². The third-order valence-electron chi connectivity index (χ3n) is 6.21. The number of benzene rings is 1. The van der Waals surface area contributed by atoms with Crippen LogP contribution in [0.25, 0.3) is 0 Å². The number of likely N-dealkylation sites (N-methyl/N-ethyl adjacent to an activating group) is 1. The van der Waals surface area contributed by atoms with E-state index in [9.17, 15) is 4.79 Å². The van der Waals surface area contributed by atoms with E-state index in [0.29, 0.717) is 31.0 Å². The van der Waals surface area contributed by atoms with Gasteiger partial charge < -0.3 is 15.0 Å². The molecule has 1 aromatic carbocycles. The monoisotopic (exact) mass is 328 g/mol. The van der Waals surface area contributed by atoms with Crippen LogP contribution < -0.4 is 5.32 Å². The van der Waals surface area contributed by atoms with Crippen molar-refractivity contribution in [2.45, 2.75) is 56.8 Å². The van der Waals surface area contributed by atoms with Gasteiger partial charge in [0.15, 0.2) is 0 Å². The van der Waals surface area contributed by atoms with Gasteiger partial charge in [-0.05, 0) is 55.7 Å². The minimum absolute atomic E-state index is 0.0288. The van der Waals surface area contributed by atoms with Crippen LogP contribution >= 0.6 is 0 Å². The first-order chi connectivity index (χ1) is 11.7. The van der Waals surface area contributed by atoms with E-state index in [2.05, 4.69) is 23.5 Å². The number of nitrogens with one attached hydrogen (secondary N) is 1. The Morgan fingerprint density at radius 1 is 1.38 bits per heavy atom. The second-order valence-electron chi connectivity index (χ2n) is 7.90. The van der Waals surface area contributed by atoms with Crippen LogP contribution in [0.5, 0.6) is 0 Å². The normalized spacial score (nSPS) is 27.5. The van der Waals surface area contributed by atoms with E-state index in [4.69, 9.17) is 4.74 Å². The minimum Gasteiger partial charge on any atom is -0.367 e. The Morgan fingerprint density at radius 3 is 3.00 bits per heavy atom. The quantitative estimate of drug-likeness (QED) is 0.924. The lowest BCUT2D eigenvalue weighted by Gasteiger charge is -2.48. The second-order valence-corrected chi connectivity index (χ2v) is 7.90. The van der Waals surface area contributed by atoms with Crippen LogP contribution in [0.2, 0.25) is 0 Å². The Kier molecular flexibility index (Phi) is 4.35. The fourth-order valence-electron chi connectivity index (χ4n) is 4.59. The molecule has 4 rings (SSSR count). The SMILES string of the molecule is CN(CC1OCc2ccccc21)C(=O)CC1CCNC2(CCC2)C1. The molecule has 2 aliphatic heterocycles. The van der Waals surface area contributed by atoms with E-state index in [0.717, 1.165) is 13.0 Å². The van der Waals surface area contributed by atoms with Gasteiger partial charge in [0.2, 0.25) is 5.91 Å². The molecular formula is C20H28N2O2. The molecule has 0 aromatic heterocycles. The van der Waals surface area contributed by atoms with Crippen molar-refractivity contribution in [3.05, 3.63) is 35.4 Å². The Labute approximate surface area is 144 Å². The van der Waals surface area contributed by atoms with Gasteiger partial charge in [0.1, 0.15) is 6.10 Å². The van der Waals surface area contributed by atoms with Crippen molar-refractivity contribution in [3.8, 4) is 0 Å². The molecule has 3 aliphatic rings. The summed E-state index contributed by atoms with van der Waals surface area (Å²) in [7, 11) is 1.92. The first-order valence-electron chi connectivity index (χ1n) is 9.34. The van der Waals surface area contributed by atoms with E-state index in [1.54, 1.807) is 0 Å². The van der Waals surface area contributed by atoms with Crippen LogP contribution in [0.4, 0.5) is 0 Å². The van der Waals surface area contributed by atoms with Crippen LogP contribution in [0.15, 0.2) is 24.3 Å². The number of ether oxygens (including phenoxy) is 1.